The summed E-state index contributed by atoms with van der Waals surface area (Å²) >= 11 is 1.84. The number of esters is 1. The highest BCUT2D eigenvalue weighted by molar-refractivity contribution is 7.99. The topological polar surface area (TPSA) is 70.1 Å². The highest BCUT2D eigenvalue weighted by Crippen LogP contribution is 2.17. The molecule has 0 aromatic carbocycles. The van der Waals surface area contributed by atoms with E-state index in [1.165, 1.54) is 4.68 Å². The van der Waals surface area contributed by atoms with Gasteiger partial charge in [-0.25, -0.2) is 4.79 Å². The third-order valence-electron chi connectivity index (χ3n) is 2.56. The number of nitrogens with two attached hydrogens (primary N) is 1. The number of carbonyl (C=O) groups excluding carboxylic acids is 1. The van der Waals surface area contributed by atoms with Gasteiger partial charge in [-0.15, -0.1) is 0 Å². The van der Waals surface area contributed by atoms with Gasteiger partial charge in [-0.1, -0.05) is 13.8 Å². The average molecular weight is 271 g/mol. The Hall–Kier alpha value is -1.17. The van der Waals surface area contributed by atoms with Gasteiger partial charge in [-0.05, 0) is 24.3 Å². The molecule has 6 heteroatoms. The van der Waals surface area contributed by atoms with E-state index in [4.69, 9.17) is 10.5 Å². The zero-order valence-electron chi connectivity index (χ0n) is 11.2. The second-order valence-corrected chi connectivity index (χ2v) is 5.27. The van der Waals surface area contributed by atoms with E-state index in [-0.39, 0.29) is 5.97 Å². The Morgan fingerprint density at radius 1 is 1.50 bits per heavy atom. The van der Waals surface area contributed by atoms with E-state index in [2.05, 4.69) is 12.0 Å². The second kappa shape index (κ2) is 7.31. The predicted octanol–water partition coefficient (Wildman–Crippen LogP) is 1.86. The molecule has 0 radical (unpaired) electrons. The number of carbonyl (C=O) groups is 1. The van der Waals surface area contributed by atoms with E-state index in [0.717, 1.165) is 23.6 Å². The molecule has 0 spiro atoms. The fourth-order valence-corrected chi connectivity index (χ4v) is 2.25. The van der Waals surface area contributed by atoms with Crippen LogP contribution in [-0.4, -0.2) is 33.9 Å². The average Bonchev–Trinajstić information content (AvgIpc) is 2.63. The maximum Gasteiger partial charge on any atom is 0.358 e. The van der Waals surface area contributed by atoms with Gasteiger partial charge in [0.1, 0.15) is 0 Å². The molecule has 5 nitrogen and oxygen atoms in total. The Bertz CT molecular complexity index is 404. The molecular weight excluding hydrogens is 250 g/mol. The van der Waals surface area contributed by atoms with Crippen molar-refractivity contribution in [1.82, 2.24) is 9.78 Å². The summed E-state index contributed by atoms with van der Waals surface area (Å²) in [7, 11) is 1.71. The standard InChI is InChI=1S/C12H21N3O2S/c1-4-9-10(13)11(15(3)14-9)12(16)17-7-6-8-18-5-2/h4-8,13H2,1-3H3. The fraction of sp³-hybridized carbons (Fsp3) is 0.667. The first-order valence-electron chi connectivity index (χ1n) is 6.18. The van der Waals surface area contributed by atoms with Gasteiger partial charge in [0.2, 0.25) is 0 Å². The molecule has 0 aliphatic carbocycles. The number of ether oxygens (including phenoxy) is 1. The third kappa shape index (κ3) is 3.66. The number of aromatic nitrogens is 2. The highest BCUT2D eigenvalue weighted by atomic mass is 32.2. The first kappa shape index (κ1) is 14.9. The van der Waals surface area contributed by atoms with E-state index in [1.807, 2.05) is 18.7 Å². The van der Waals surface area contributed by atoms with Crippen molar-refractivity contribution in [2.24, 2.45) is 7.05 Å². The molecule has 2 N–H and O–H groups in total. The van der Waals surface area contributed by atoms with Crippen LogP contribution in [0, 0.1) is 0 Å². The lowest BCUT2D eigenvalue weighted by Crippen LogP contribution is -2.13. The lowest BCUT2D eigenvalue weighted by atomic mass is 10.2. The molecule has 1 rings (SSSR count). The Labute approximate surface area is 112 Å². The SMILES string of the molecule is CCSCCCOC(=O)c1c(N)c(CC)nn1C. The monoisotopic (exact) mass is 271 g/mol. The number of rotatable bonds is 7. The van der Waals surface area contributed by atoms with E-state index >= 15 is 0 Å². The number of nitrogen functional groups attached to an aromatic ring is 1. The summed E-state index contributed by atoms with van der Waals surface area (Å²) in [5.74, 6) is 1.71. The molecule has 0 amide bonds. The zero-order chi connectivity index (χ0) is 13.5. The van der Waals surface area contributed by atoms with Gasteiger partial charge in [0.25, 0.3) is 0 Å². The molecule has 1 heterocycles. The van der Waals surface area contributed by atoms with Crippen molar-refractivity contribution in [3.63, 3.8) is 0 Å². The summed E-state index contributed by atoms with van der Waals surface area (Å²) < 4.78 is 6.70. The molecule has 0 bridgehead atoms. The second-order valence-electron chi connectivity index (χ2n) is 3.87. The lowest BCUT2D eigenvalue weighted by Gasteiger charge is -2.05. The summed E-state index contributed by atoms with van der Waals surface area (Å²) in [6.07, 6.45) is 1.57. The molecule has 18 heavy (non-hydrogen) atoms. The Balaban J connectivity index is 2.54. The van der Waals surface area contributed by atoms with Crippen LogP contribution in [-0.2, 0) is 18.2 Å². The Morgan fingerprint density at radius 3 is 2.78 bits per heavy atom. The molecule has 0 aliphatic heterocycles. The van der Waals surface area contributed by atoms with E-state index in [1.54, 1.807) is 7.05 Å². The number of aryl methyl sites for hydroxylation is 2. The van der Waals surface area contributed by atoms with Crippen LogP contribution in [0.5, 0.6) is 0 Å². The van der Waals surface area contributed by atoms with E-state index in [9.17, 15) is 4.79 Å². The molecule has 0 atom stereocenters. The largest absolute Gasteiger partial charge is 0.461 e. The molecule has 0 aliphatic rings. The van der Waals surface area contributed by atoms with Crippen molar-refractivity contribution in [3.8, 4) is 0 Å². The summed E-state index contributed by atoms with van der Waals surface area (Å²) in [5, 5.41) is 4.19. The molecule has 1 aromatic rings. The number of nitrogens with zero attached hydrogens (tertiary/aromatic N) is 2. The molecule has 0 saturated carbocycles. The van der Waals surface area contributed by atoms with Gasteiger partial charge in [0.05, 0.1) is 18.0 Å². The molecule has 1 aromatic heterocycles. The van der Waals surface area contributed by atoms with Crippen LogP contribution < -0.4 is 5.73 Å². The first-order valence-corrected chi connectivity index (χ1v) is 7.33. The van der Waals surface area contributed by atoms with Gasteiger partial charge in [0, 0.05) is 7.05 Å². The van der Waals surface area contributed by atoms with Crippen LogP contribution in [0.2, 0.25) is 0 Å². The quantitative estimate of drug-likeness (QED) is 0.605. The summed E-state index contributed by atoms with van der Waals surface area (Å²) in [4.78, 5) is 11.9. The van der Waals surface area contributed by atoms with Crippen molar-refractivity contribution in [1.29, 1.82) is 0 Å². The van der Waals surface area contributed by atoms with Gasteiger partial charge in [-0.3, -0.25) is 4.68 Å². The van der Waals surface area contributed by atoms with Crippen molar-refractivity contribution in [2.45, 2.75) is 26.7 Å². The predicted molar refractivity (Wildman–Crippen MR) is 74.9 cm³/mol. The Morgan fingerprint density at radius 2 is 2.22 bits per heavy atom. The van der Waals surface area contributed by atoms with Gasteiger partial charge < -0.3 is 10.5 Å². The summed E-state index contributed by atoms with van der Waals surface area (Å²) in [6.45, 7) is 4.49. The summed E-state index contributed by atoms with van der Waals surface area (Å²) in [6, 6.07) is 0. The smallest absolute Gasteiger partial charge is 0.358 e. The van der Waals surface area contributed by atoms with Crippen LogP contribution >= 0.6 is 11.8 Å². The third-order valence-corrected chi connectivity index (χ3v) is 3.54. The van der Waals surface area contributed by atoms with Crippen LogP contribution in [0.3, 0.4) is 0 Å². The maximum absolute atomic E-state index is 11.9. The van der Waals surface area contributed by atoms with Gasteiger partial charge in [-0.2, -0.15) is 16.9 Å². The molecule has 0 unspecified atom stereocenters. The van der Waals surface area contributed by atoms with Crippen molar-refractivity contribution in [3.05, 3.63) is 11.4 Å². The molecular formula is C12H21N3O2S. The maximum atomic E-state index is 11.9. The van der Waals surface area contributed by atoms with Gasteiger partial charge >= 0.3 is 5.97 Å². The minimum Gasteiger partial charge on any atom is -0.461 e. The van der Waals surface area contributed by atoms with Crippen LogP contribution in [0.15, 0.2) is 0 Å². The number of hydrogen-bond acceptors (Lipinski definition) is 5. The zero-order valence-corrected chi connectivity index (χ0v) is 12.0. The first-order chi connectivity index (χ1) is 8.61. The van der Waals surface area contributed by atoms with Crippen LogP contribution in [0.1, 0.15) is 36.5 Å². The fourth-order valence-electron chi connectivity index (χ4n) is 1.64. The van der Waals surface area contributed by atoms with Gasteiger partial charge in [0.15, 0.2) is 5.69 Å². The number of anilines is 1. The highest BCUT2D eigenvalue weighted by Gasteiger charge is 2.20. The minimum atomic E-state index is -0.385. The molecule has 102 valence electrons. The normalized spacial score (nSPS) is 10.6. The van der Waals surface area contributed by atoms with Crippen molar-refractivity contribution < 1.29 is 9.53 Å². The Kier molecular flexibility index (Phi) is 6.04. The van der Waals surface area contributed by atoms with Crippen molar-refractivity contribution >= 4 is 23.4 Å². The van der Waals surface area contributed by atoms with E-state index < -0.39 is 0 Å². The molecule has 0 fully saturated rings. The van der Waals surface area contributed by atoms with E-state index in [0.29, 0.717) is 24.4 Å². The summed E-state index contributed by atoms with van der Waals surface area (Å²) in [5.41, 5.74) is 7.42. The number of thioether (sulfide) groups is 1. The van der Waals surface area contributed by atoms with Crippen LogP contribution in [0.4, 0.5) is 5.69 Å². The minimum absolute atomic E-state index is 0.356. The van der Waals surface area contributed by atoms with Crippen LogP contribution in [0.25, 0.3) is 0 Å². The molecule has 0 saturated heterocycles. The van der Waals surface area contributed by atoms with Crippen molar-refractivity contribution in [2.75, 3.05) is 23.8 Å². The number of hydrogen-bond donors (Lipinski definition) is 1. The lowest BCUT2D eigenvalue weighted by molar-refractivity contribution is 0.0495.